The highest BCUT2D eigenvalue weighted by molar-refractivity contribution is 5.95. The number of aromatic nitrogens is 2. The third-order valence-electron chi connectivity index (χ3n) is 4.87. The Morgan fingerprint density at radius 2 is 2.00 bits per heavy atom. The molecule has 1 aromatic carbocycles. The molecular formula is C18H24N4O2. The molecule has 0 atom stereocenters. The van der Waals surface area contributed by atoms with Gasteiger partial charge in [-0.15, -0.1) is 0 Å². The maximum Gasteiger partial charge on any atom is 0.278 e. The molecule has 1 aliphatic heterocycles. The predicted molar refractivity (Wildman–Crippen MR) is 94.2 cm³/mol. The minimum atomic E-state index is -0.272. The fourth-order valence-electron chi connectivity index (χ4n) is 3.39. The number of carbonyl (C=O) groups is 1. The molecule has 2 heterocycles. The molecule has 6 nitrogen and oxygen atoms in total. The van der Waals surface area contributed by atoms with Gasteiger partial charge in [0.05, 0.1) is 5.52 Å². The molecule has 2 aromatic rings. The second kappa shape index (κ2) is 7.13. The normalized spacial score (nSPS) is 15.8. The highest BCUT2D eigenvalue weighted by atomic mass is 16.2. The molecule has 128 valence electrons. The summed E-state index contributed by atoms with van der Waals surface area (Å²) in [6.45, 7) is 2.40. The zero-order chi connectivity index (χ0) is 17.1. The lowest BCUT2D eigenvalue weighted by Crippen LogP contribution is -2.41. The number of aryl methyl sites for hydroxylation is 1. The van der Waals surface area contributed by atoms with Crippen molar-refractivity contribution in [3.8, 4) is 0 Å². The first-order valence-corrected chi connectivity index (χ1v) is 8.51. The van der Waals surface area contributed by atoms with E-state index in [0.717, 1.165) is 31.3 Å². The van der Waals surface area contributed by atoms with Crippen LogP contribution in [0, 0.1) is 5.92 Å². The Labute approximate surface area is 141 Å². The molecule has 24 heavy (non-hydrogen) atoms. The van der Waals surface area contributed by atoms with Crippen LogP contribution in [-0.2, 0) is 7.05 Å². The fraction of sp³-hybridized carbons (Fsp3) is 0.500. The number of likely N-dealkylation sites (tertiary alicyclic amines) is 1. The first-order chi connectivity index (χ1) is 11.6. The van der Waals surface area contributed by atoms with Crippen molar-refractivity contribution >= 4 is 16.8 Å². The maximum atomic E-state index is 12.8. The topological polar surface area (TPSA) is 67.2 Å². The number of hydrogen-bond donors (Lipinski definition) is 1. The smallest absolute Gasteiger partial charge is 0.278 e. The van der Waals surface area contributed by atoms with E-state index in [2.05, 4.69) is 10.4 Å². The van der Waals surface area contributed by atoms with Gasteiger partial charge in [0.1, 0.15) is 0 Å². The lowest BCUT2D eigenvalue weighted by molar-refractivity contribution is 0.0677. The summed E-state index contributed by atoms with van der Waals surface area (Å²) in [7, 11) is 3.72. The van der Waals surface area contributed by atoms with Gasteiger partial charge in [0.2, 0.25) is 5.43 Å². The number of piperidine rings is 1. The van der Waals surface area contributed by atoms with E-state index in [0.29, 0.717) is 24.4 Å². The minimum absolute atomic E-state index is 0.0323. The van der Waals surface area contributed by atoms with Crippen LogP contribution in [0.4, 0.5) is 0 Å². The van der Waals surface area contributed by atoms with E-state index in [1.165, 1.54) is 0 Å². The van der Waals surface area contributed by atoms with E-state index < -0.39 is 0 Å². The van der Waals surface area contributed by atoms with Gasteiger partial charge < -0.3 is 10.2 Å². The predicted octanol–water partition coefficient (Wildman–Crippen LogP) is 1.40. The van der Waals surface area contributed by atoms with Crippen molar-refractivity contribution in [1.29, 1.82) is 0 Å². The van der Waals surface area contributed by atoms with Crippen molar-refractivity contribution in [2.24, 2.45) is 13.0 Å². The fourth-order valence-corrected chi connectivity index (χ4v) is 3.39. The monoisotopic (exact) mass is 328 g/mol. The van der Waals surface area contributed by atoms with Gasteiger partial charge in [-0.25, -0.2) is 0 Å². The van der Waals surface area contributed by atoms with Gasteiger partial charge in [-0.3, -0.25) is 14.3 Å². The summed E-state index contributed by atoms with van der Waals surface area (Å²) in [5.41, 5.74) is 0.501. The standard InChI is InChI=1S/C18H24N4O2/c1-19-10-7-13-8-11-22(12-9-13)18(24)16-17(23)14-5-3-4-6-15(14)21(2)20-16/h3-6,13,19H,7-12H2,1-2H3. The molecule has 1 N–H and O–H groups in total. The lowest BCUT2D eigenvalue weighted by atomic mass is 9.93. The van der Waals surface area contributed by atoms with Crippen molar-refractivity contribution in [3.05, 3.63) is 40.2 Å². The zero-order valence-corrected chi connectivity index (χ0v) is 14.3. The summed E-state index contributed by atoms with van der Waals surface area (Å²) in [5, 5.41) is 7.96. The Morgan fingerprint density at radius 1 is 1.29 bits per heavy atom. The van der Waals surface area contributed by atoms with Gasteiger partial charge in [-0.1, -0.05) is 12.1 Å². The molecule has 1 aromatic heterocycles. The Hall–Kier alpha value is -2.21. The first kappa shape index (κ1) is 16.6. The molecule has 1 amide bonds. The minimum Gasteiger partial charge on any atom is -0.337 e. The average molecular weight is 328 g/mol. The number of fused-ring (bicyclic) bond motifs is 1. The summed E-state index contributed by atoms with van der Waals surface area (Å²) in [6.07, 6.45) is 3.11. The molecule has 0 spiro atoms. The highest BCUT2D eigenvalue weighted by Gasteiger charge is 2.26. The molecule has 1 fully saturated rings. The van der Waals surface area contributed by atoms with Gasteiger partial charge in [-0.05, 0) is 50.9 Å². The number of benzene rings is 1. The molecule has 3 rings (SSSR count). The number of carbonyl (C=O) groups excluding carboxylic acids is 1. The van der Waals surface area contributed by atoms with E-state index in [1.54, 1.807) is 22.7 Å². The van der Waals surface area contributed by atoms with Crippen LogP contribution >= 0.6 is 0 Å². The third-order valence-corrected chi connectivity index (χ3v) is 4.87. The van der Waals surface area contributed by atoms with Crippen LogP contribution in [0.15, 0.2) is 29.1 Å². The van der Waals surface area contributed by atoms with E-state index in [-0.39, 0.29) is 17.0 Å². The Morgan fingerprint density at radius 3 is 2.71 bits per heavy atom. The number of nitrogens with zero attached hydrogens (tertiary/aromatic N) is 3. The van der Waals surface area contributed by atoms with E-state index >= 15 is 0 Å². The van der Waals surface area contributed by atoms with Crippen LogP contribution in [0.25, 0.3) is 10.9 Å². The van der Waals surface area contributed by atoms with E-state index in [9.17, 15) is 9.59 Å². The summed E-state index contributed by atoms with van der Waals surface area (Å²) >= 11 is 0. The SMILES string of the molecule is CNCCC1CCN(C(=O)c2nn(C)c3ccccc3c2=O)CC1. The first-order valence-electron chi connectivity index (χ1n) is 8.51. The second-order valence-corrected chi connectivity index (χ2v) is 6.45. The number of nitrogens with one attached hydrogen (secondary N) is 1. The number of rotatable bonds is 4. The molecule has 6 heteroatoms. The summed E-state index contributed by atoms with van der Waals surface area (Å²) in [6, 6.07) is 7.26. The van der Waals surface area contributed by atoms with Crippen LogP contribution in [-0.4, -0.2) is 47.3 Å². The molecule has 0 saturated carbocycles. The van der Waals surface area contributed by atoms with Crippen molar-refractivity contribution < 1.29 is 4.79 Å². The van der Waals surface area contributed by atoms with Crippen LogP contribution in [0.1, 0.15) is 29.8 Å². The lowest BCUT2D eigenvalue weighted by Gasteiger charge is -2.31. The Balaban J connectivity index is 1.80. The quantitative estimate of drug-likeness (QED) is 0.921. The van der Waals surface area contributed by atoms with Crippen LogP contribution in [0.3, 0.4) is 0 Å². The number of para-hydroxylation sites is 1. The van der Waals surface area contributed by atoms with Gasteiger partial charge in [0.15, 0.2) is 5.69 Å². The van der Waals surface area contributed by atoms with Gasteiger partial charge in [0, 0.05) is 25.5 Å². The second-order valence-electron chi connectivity index (χ2n) is 6.45. The highest BCUT2D eigenvalue weighted by Crippen LogP contribution is 2.21. The molecule has 1 aliphatic rings. The summed E-state index contributed by atoms with van der Waals surface area (Å²) in [4.78, 5) is 27.2. The Bertz CT molecular complexity index is 791. The Kier molecular flexibility index (Phi) is 4.94. The van der Waals surface area contributed by atoms with Crippen LogP contribution < -0.4 is 10.7 Å². The van der Waals surface area contributed by atoms with Crippen molar-refractivity contribution in [3.63, 3.8) is 0 Å². The molecule has 0 aliphatic carbocycles. The van der Waals surface area contributed by atoms with E-state index in [4.69, 9.17) is 0 Å². The third kappa shape index (κ3) is 3.19. The molecule has 0 radical (unpaired) electrons. The largest absolute Gasteiger partial charge is 0.337 e. The van der Waals surface area contributed by atoms with Crippen LogP contribution in [0.5, 0.6) is 0 Å². The van der Waals surface area contributed by atoms with Gasteiger partial charge in [-0.2, -0.15) is 5.10 Å². The number of hydrogen-bond acceptors (Lipinski definition) is 4. The van der Waals surface area contributed by atoms with Gasteiger partial charge in [0.25, 0.3) is 5.91 Å². The molecular weight excluding hydrogens is 304 g/mol. The molecule has 0 unspecified atom stereocenters. The van der Waals surface area contributed by atoms with E-state index in [1.807, 2.05) is 25.2 Å². The van der Waals surface area contributed by atoms with Crippen molar-refractivity contribution in [1.82, 2.24) is 20.0 Å². The zero-order valence-electron chi connectivity index (χ0n) is 14.3. The van der Waals surface area contributed by atoms with Gasteiger partial charge >= 0.3 is 0 Å². The maximum absolute atomic E-state index is 12.8. The molecule has 1 saturated heterocycles. The van der Waals surface area contributed by atoms with Crippen molar-refractivity contribution in [2.75, 3.05) is 26.7 Å². The number of amides is 1. The van der Waals surface area contributed by atoms with Crippen molar-refractivity contribution in [2.45, 2.75) is 19.3 Å². The molecule has 0 bridgehead atoms. The summed E-state index contributed by atoms with van der Waals surface area (Å²) < 4.78 is 1.61. The van der Waals surface area contributed by atoms with Crippen LogP contribution in [0.2, 0.25) is 0 Å². The summed E-state index contributed by atoms with van der Waals surface area (Å²) in [5.74, 6) is 0.405. The average Bonchev–Trinajstić information content (AvgIpc) is 2.63.